The quantitative estimate of drug-likeness (QED) is 0.247. The monoisotopic (exact) mass is 448 g/mol. The Morgan fingerprint density at radius 3 is 1.90 bits per heavy atom. The molecule has 0 amide bonds. The molecule has 0 nitrogen and oxygen atoms in total. The molecule has 0 atom stereocenters. The molecule has 0 aliphatic carbocycles. The van der Waals surface area contributed by atoms with Crippen LogP contribution in [0.25, 0.3) is 61.2 Å². The summed E-state index contributed by atoms with van der Waals surface area (Å²) in [5.41, 5.74) is 3.84. The summed E-state index contributed by atoms with van der Waals surface area (Å²) in [6, 6.07) is 35.6. The first-order valence-electron chi connectivity index (χ1n) is 10.3. The molecule has 0 saturated heterocycles. The van der Waals surface area contributed by atoms with Gasteiger partial charge in [0.05, 0.1) is 9.40 Å². The highest BCUT2D eigenvalue weighted by atomic mass is 32.1. The van der Waals surface area contributed by atoms with Crippen molar-refractivity contribution >= 4 is 73.7 Å². The lowest BCUT2D eigenvalue weighted by Crippen LogP contribution is -1.78. The number of fused-ring (bicyclic) bond motifs is 6. The van der Waals surface area contributed by atoms with E-state index in [1.165, 1.54) is 61.2 Å². The Labute approximate surface area is 191 Å². The van der Waals surface area contributed by atoms with Crippen LogP contribution >= 0.6 is 34.0 Å². The molecule has 0 aliphatic rings. The summed E-state index contributed by atoms with van der Waals surface area (Å²) in [5.74, 6) is 0. The Kier molecular flexibility index (Phi) is 3.85. The fourth-order valence-electron chi connectivity index (χ4n) is 4.34. The van der Waals surface area contributed by atoms with Gasteiger partial charge in [-0.1, -0.05) is 72.8 Å². The van der Waals surface area contributed by atoms with E-state index in [0.29, 0.717) is 0 Å². The summed E-state index contributed by atoms with van der Waals surface area (Å²) in [6.45, 7) is 0. The molecule has 0 fully saturated rings. The lowest BCUT2D eigenvalue weighted by molar-refractivity contribution is 1.65. The van der Waals surface area contributed by atoms with Crippen LogP contribution in [0.4, 0.5) is 0 Å². The Bertz CT molecular complexity index is 1690. The van der Waals surface area contributed by atoms with Crippen LogP contribution in [0.5, 0.6) is 0 Å². The van der Waals surface area contributed by atoms with Gasteiger partial charge in [0, 0.05) is 29.7 Å². The highest BCUT2D eigenvalue weighted by Crippen LogP contribution is 2.45. The Hall–Kier alpha value is -2.98. The molecule has 0 saturated carbocycles. The van der Waals surface area contributed by atoms with E-state index in [-0.39, 0.29) is 0 Å². The van der Waals surface area contributed by atoms with Gasteiger partial charge >= 0.3 is 0 Å². The SMILES string of the molecule is c1ccc2sc(-c3ccc(-c4ccc5c(c4)sc4c6ccccc6sc54)cc3)cc2c1. The molecule has 7 aromatic rings. The highest BCUT2D eigenvalue weighted by Gasteiger charge is 2.12. The van der Waals surface area contributed by atoms with Crippen molar-refractivity contribution in [3.8, 4) is 21.6 Å². The third kappa shape index (κ3) is 2.78. The minimum Gasteiger partial charge on any atom is -0.135 e. The van der Waals surface area contributed by atoms with Crippen LogP contribution in [0, 0.1) is 0 Å². The van der Waals surface area contributed by atoms with Crippen molar-refractivity contribution in [2.45, 2.75) is 0 Å². The van der Waals surface area contributed by atoms with E-state index >= 15 is 0 Å². The predicted octanol–water partition coefficient (Wildman–Crippen LogP) is 9.82. The average Bonchev–Trinajstić information content (AvgIpc) is 3.50. The standard InChI is InChI=1S/C28H16S3/c1-3-7-23-20(5-1)16-25(29-23)18-11-9-17(10-12-18)19-13-14-22-26(15-19)31-27-21-6-2-4-8-24(21)30-28(22)27/h1-16H. The Morgan fingerprint density at radius 1 is 0.419 bits per heavy atom. The van der Waals surface area contributed by atoms with Crippen LogP contribution in [0.15, 0.2) is 97.1 Å². The second-order valence-corrected chi connectivity index (χ2v) is 11.0. The maximum atomic E-state index is 2.36. The molecule has 31 heavy (non-hydrogen) atoms. The van der Waals surface area contributed by atoms with Crippen LogP contribution in [-0.4, -0.2) is 0 Å². The molecule has 0 aliphatic heterocycles. The van der Waals surface area contributed by atoms with E-state index in [9.17, 15) is 0 Å². The van der Waals surface area contributed by atoms with Crippen molar-refractivity contribution in [1.82, 2.24) is 0 Å². The molecule has 0 N–H and O–H groups in total. The molecule has 146 valence electrons. The minimum absolute atomic E-state index is 1.27. The van der Waals surface area contributed by atoms with E-state index < -0.39 is 0 Å². The molecular weight excluding hydrogens is 433 g/mol. The summed E-state index contributed by atoms with van der Waals surface area (Å²) < 4.78 is 6.95. The van der Waals surface area contributed by atoms with Crippen molar-refractivity contribution in [3.63, 3.8) is 0 Å². The van der Waals surface area contributed by atoms with E-state index in [1.54, 1.807) is 0 Å². The first-order valence-corrected chi connectivity index (χ1v) is 12.7. The van der Waals surface area contributed by atoms with Gasteiger partial charge < -0.3 is 0 Å². The van der Waals surface area contributed by atoms with Crippen LogP contribution in [-0.2, 0) is 0 Å². The van der Waals surface area contributed by atoms with Gasteiger partial charge in [-0.05, 0) is 46.3 Å². The number of thiophene rings is 3. The van der Waals surface area contributed by atoms with Gasteiger partial charge in [-0.2, -0.15) is 0 Å². The zero-order chi connectivity index (χ0) is 20.4. The first kappa shape index (κ1) is 17.7. The van der Waals surface area contributed by atoms with Crippen molar-refractivity contribution in [2.75, 3.05) is 0 Å². The second-order valence-electron chi connectivity index (χ2n) is 7.80. The molecular formula is C28H16S3. The molecule has 7 rings (SSSR count). The number of rotatable bonds is 2. The molecule has 0 spiro atoms. The van der Waals surface area contributed by atoms with Gasteiger partial charge in [0.15, 0.2) is 0 Å². The largest absolute Gasteiger partial charge is 0.135 e. The predicted molar refractivity (Wildman–Crippen MR) is 141 cm³/mol. The highest BCUT2D eigenvalue weighted by molar-refractivity contribution is 7.36. The third-order valence-corrected chi connectivity index (χ3v) is 9.60. The first-order chi connectivity index (χ1) is 15.3. The maximum absolute atomic E-state index is 2.36. The van der Waals surface area contributed by atoms with Crippen LogP contribution in [0.1, 0.15) is 0 Å². The van der Waals surface area contributed by atoms with Crippen LogP contribution in [0.2, 0.25) is 0 Å². The zero-order valence-electron chi connectivity index (χ0n) is 16.5. The lowest BCUT2D eigenvalue weighted by Gasteiger charge is -2.04. The van der Waals surface area contributed by atoms with Gasteiger partial charge in [-0.25, -0.2) is 0 Å². The van der Waals surface area contributed by atoms with Crippen molar-refractivity contribution < 1.29 is 0 Å². The lowest BCUT2D eigenvalue weighted by atomic mass is 10.0. The zero-order valence-corrected chi connectivity index (χ0v) is 18.9. The number of hydrogen-bond acceptors (Lipinski definition) is 3. The molecule has 0 radical (unpaired) electrons. The van der Waals surface area contributed by atoms with Crippen molar-refractivity contribution in [2.24, 2.45) is 0 Å². The molecule has 3 heterocycles. The molecule has 4 aromatic carbocycles. The number of hydrogen-bond donors (Lipinski definition) is 0. The van der Waals surface area contributed by atoms with E-state index in [4.69, 9.17) is 0 Å². The normalized spacial score (nSPS) is 11.9. The van der Waals surface area contributed by atoms with Gasteiger partial charge in [-0.15, -0.1) is 34.0 Å². The minimum atomic E-state index is 1.27. The molecule has 0 bridgehead atoms. The van der Waals surface area contributed by atoms with Gasteiger partial charge in [-0.3, -0.25) is 0 Å². The summed E-state index contributed by atoms with van der Waals surface area (Å²) in [6.07, 6.45) is 0. The van der Waals surface area contributed by atoms with Crippen molar-refractivity contribution in [1.29, 1.82) is 0 Å². The fourth-order valence-corrected chi connectivity index (χ4v) is 8.10. The summed E-state index contributed by atoms with van der Waals surface area (Å²) in [5, 5.41) is 4.09. The fraction of sp³-hybridized carbons (Fsp3) is 0. The second kappa shape index (κ2) is 6.76. The molecule has 3 heteroatoms. The van der Waals surface area contributed by atoms with Crippen LogP contribution in [0.3, 0.4) is 0 Å². The third-order valence-electron chi connectivity index (χ3n) is 5.92. The van der Waals surface area contributed by atoms with Gasteiger partial charge in [0.25, 0.3) is 0 Å². The molecule has 3 aromatic heterocycles. The summed E-state index contributed by atoms with van der Waals surface area (Å²) >= 11 is 5.69. The summed E-state index contributed by atoms with van der Waals surface area (Å²) in [4.78, 5) is 1.33. The maximum Gasteiger partial charge on any atom is 0.0542 e. The topological polar surface area (TPSA) is 0 Å². The molecule has 0 unspecified atom stereocenters. The van der Waals surface area contributed by atoms with Crippen molar-refractivity contribution in [3.05, 3.63) is 97.1 Å². The van der Waals surface area contributed by atoms with Gasteiger partial charge in [0.2, 0.25) is 0 Å². The van der Waals surface area contributed by atoms with E-state index in [0.717, 1.165) is 0 Å². The number of benzene rings is 4. The Balaban J connectivity index is 1.30. The smallest absolute Gasteiger partial charge is 0.0542 e. The van der Waals surface area contributed by atoms with E-state index in [1.807, 2.05) is 34.0 Å². The van der Waals surface area contributed by atoms with Gasteiger partial charge in [0.1, 0.15) is 0 Å². The average molecular weight is 449 g/mol. The van der Waals surface area contributed by atoms with Crippen LogP contribution < -0.4 is 0 Å². The Morgan fingerprint density at radius 2 is 1.06 bits per heavy atom. The summed E-state index contributed by atoms with van der Waals surface area (Å²) in [7, 11) is 0. The van der Waals surface area contributed by atoms with E-state index in [2.05, 4.69) is 97.1 Å².